The molecule has 1 nitrogen and oxygen atoms in total. The molecule has 0 bridgehead atoms. The average Bonchev–Trinajstić information content (AvgIpc) is 2.92. The Balaban J connectivity index is 1.60. The zero-order valence-corrected chi connectivity index (χ0v) is 12.5. The lowest BCUT2D eigenvalue weighted by molar-refractivity contribution is 0.617. The lowest BCUT2D eigenvalue weighted by Crippen LogP contribution is -2.19. The Bertz CT molecular complexity index is 672. The third-order valence-electron chi connectivity index (χ3n) is 3.70. The van der Waals surface area contributed by atoms with Crippen LogP contribution in [0.2, 0.25) is 0 Å². The van der Waals surface area contributed by atoms with Crippen molar-refractivity contribution in [2.24, 2.45) is 0 Å². The van der Waals surface area contributed by atoms with Crippen LogP contribution in [-0.4, -0.2) is 6.54 Å². The number of rotatable bonds is 5. The summed E-state index contributed by atoms with van der Waals surface area (Å²) < 4.78 is 1.38. The van der Waals surface area contributed by atoms with Crippen molar-refractivity contribution in [1.29, 1.82) is 0 Å². The fourth-order valence-electron chi connectivity index (χ4n) is 2.49. The lowest BCUT2D eigenvalue weighted by Gasteiger charge is -2.12. The first-order chi connectivity index (χ1) is 9.84. The number of nitrogens with one attached hydrogen (secondary N) is 1. The molecule has 2 heteroatoms. The Morgan fingerprint density at radius 2 is 1.75 bits per heavy atom. The summed E-state index contributed by atoms with van der Waals surface area (Å²) in [5, 5.41) is 7.24. The van der Waals surface area contributed by atoms with Crippen LogP contribution in [0.1, 0.15) is 24.0 Å². The molecule has 1 N–H and O–H groups in total. The molecule has 0 aliphatic carbocycles. The Morgan fingerprint density at radius 1 is 1.00 bits per heavy atom. The van der Waals surface area contributed by atoms with E-state index in [-0.39, 0.29) is 0 Å². The maximum atomic E-state index is 3.58. The van der Waals surface area contributed by atoms with Gasteiger partial charge >= 0.3 is 0 Å². The van der Waals surface area contributed by atoms with E-state index >= 15 is 0 Å². The van der Waals surface area contributed by atoms with Crippen LogP contribution >= 0.6 is 11.3 Å². The normalized spacial score (nSPS) is 12.7. The topological polar surface area (TPSA) is 12.0 Å². The van der Waals surface area contributed by atoms with Gasteiger partial charge in [0.1, 0.15) is 0 Å². The van der Waals surface area contributed by atoms with Crippen molar-refractivity contribution >= 4 is 21.4 Å². The summed E-state index contributed by atoms with van der Waals surface area (Å²) in [6.07, 6.45) is 0. The van der Waals surface area contributed by atoms with E-state index in [4.69, 9.17) is 0 Å². The highest BCUT2D eigenvalue weighted by Crippen LogP contribution is 2.25. The van der Waals surface area contributed by atoms with Crippen molar-refractivity contribution in [3.8, 4) is 0 Å². The predicted octanol–water partition coefficient (Wildman–Crippen LogP) is 4.79. The van der Waals surface area contributed by atoms with Gasteiger partial charge in [-0.3, -0.25) is 0 Å². The molecule has 0 radical (unpaired) electrons. The van der Waals surface area contributed by atoms with Crippen molar-refractivity contribution in [3.63, 3.8) is 0 Å². The van der Waals surface area contributed by atoms with Gasteiger partial charge in [0.05, 0.1) is 0 Å². The summed E-state index contributed by atoms with van der Waals surface area (Å²) in [5.41, 5.74) is 2.81. The molecular weight excluding hydrogens is 262 g/mol. The minimum Gasteiger partial charge on any atom is -0.312 e. The lowest BCUT2D eigenvalue weighted by atomic mass is 10.0. The van der Waals surface area contributed by atoms with Crippen molar-refractivity contribution in [2.75, 3.05) is 6.54 Å². The van der Waals surface area contributed by atoms with E-state index in [1.165, 1.54) is 21.2 Å². The van der Waals surface area contributed by atoms with E-state index in [0.29, 0.717) is 5.92 Å². The minimum atomic E-state index is 0.543. The number of thiophene rings is 1. The molecular formula is C18H19NS. The van der Waals surface area contributed by atoms with Crippen LogP contribution < -0.4 is 5.32 Å². The number of hydrogen-bond donors (Lipinski definition) is 1. The van der Waals surface area contributed by atoms with Gasteiger partial charge in [0.15, 0.2) is 0 Å². The predicted molar refractivity (Wildman–Crippen MR) is 88.4 cm³/mol. The summed E-state index contributed by atoms with van der Waals surface area (Å²) in [6.45, 7) is 4.23. The fourth-order valence-corrected chi connectivity index (χ4v) is 3.46. The van der Waals surface area contributed by atoms with Gasteiger partial charge < -0.3 is 5.32 Å². The summed E-state index contributed by atoms with van der Waals surface area (Å²) >= 11 is 1.83. The Morgan fingerprint density at radius 3 is 2.60 bits per heavy atom. The van der Waals surface area contributed by atoms with Gasteiger partial charge in [0, 0.05) is 17.8 Å². The van der Waals surface area contributed by atoms with Crippen LogP contribution in [0.25, 0.3) is 10.1 Å². The van der Waals surface area contributed by atoms with Gasteiger partial charge in [-0.05, 0) is 33.9 Å². The second-order valence-electron chi connectivity index (χ2n) is 5.20. The van der Waals surface area contributed by atoms with E-state index in [1.807, 2.05) is 11.3 Å². The minimum absolute atomic E-state index is 0.543. The summed E-state index contributed by atoms with van der Waals surface area (Å²) in [5.74, 6) is 0.543. The molecule has 0 aliphatic heterocycles. The molecule has 3 aromatic rings. The Labute approximate surface area is 124 Å². The molecule has 3 rings (SSSR count). The monoisotopic (exact) mass is 281 g/mol. The number of fused-ring (bicyclic) bond motifs is 1. The average molecular weight is 281 g/mol. The second kappa shape index (κ2) is 6.21. The molecule has 2 aromatic carbocycles. The van der Waals surface area contributed by atoms with Crippen LogP contribution in [0.5, 0.6) is 0 Å². The molecule has 0 fully saturated rings. The van der Waals surface area contributed by atoms with Crippen LogP contribution in [-0.2, 0) is 6.54 Å². The largest absolute Gasteiger partial charge is 0.312 e. The summed E-state index contributed by atoms with van der Waals surface area (Å²) in [7, 11) is 0. The van der Waals surface area contributed by atoms with Gasteiger partial charge in [-0.1, -0.05) is 55.5 Å². The van der Waals surface area contributed by atoms with Crippen molar-refractivity contribution in [2.45, 2.75) is 19.4 Å². The highest BCUT2D eigenvalue weighted by atomic mass is 32.1. The van der Waals surface area contributed by atoms with Crippen LogP contribution in [0.4, 0.5) is 0 Å². The smallest absolute Gasteiger partial charge is 0.0346 e. The summed E-state index contributed by atoms with van der Waals surface area (Å²) in [4.78, 5) is 0. The maximum absolute atomic E-state index is 3.58. The zero-order valence-electron chi connectivity index (χ0n) is 11.7. The first kappa shape index (κ1) is 13.3. The fraction of sp³-hybridized carbons (Fsp3) is 0.222. The maximum Gasteiger partial charge on any atom is 0.0346 e. The molecule has 20 heavy (non-hydrogen) atoms. The van der Waals surface area contributed by atoms with E-state index in [1.54, 1.807) is 0 Å². The van der Waals surface area contributed by atoms with Gasteiger partial charge in [-0.2, -0.15) is 0 Å². The number of hydrogen-bond acceptors (Lipinski definition) is 2. The van der Waals surface area contributed by atoms with E-state index in [9.17, 15) is 0 Å². The molecule has 0 amide bonds. The first-order valence-electron chi connectivity index (χ1n) is 7.05. The van der Waals surface area contributed by atoms with Crippen molar-refractivity contribution in [3.05, 3.63) is 71.1 Å². The Kier molecular flexibility index (Phi) is 4.14. The van der Waals surface area contributed by atoms with E-state index in [2.05, 4.69) is 72.2 Å². The van der Waals surface area contributed by atoms with E-state index < -0.39 is 0 Å². The second-order valence-corrected chi connectivity index (χ2v) is 6.11. The highest BCUT2D eigenvalue weighted by Gasteiger charge is 2.06. The van der Waals surface area contributed by atoms with Crippen molar-refractivity contribution < 1.29 is 0 Å². The summed E-state index contributed by atoms with van der Waals surface area (Å²) in [6, 6.07) is 19.3. The van der Waals surface area contributed by atoms with Crippen LogP contribution in [0.3, 0.4) is 0 Å². The van der Waals surface area contributed by atoms with Gasteiger partial charge in [0.2, 0.25) is 0 Å². The number of benzene rings is 2. The zero-order chi connectivity index (χ0) is 13.8. The molecule has 1 atom stereocenters. The first-order valence-corrected chi connectivity index (χ1v) is 7.93. The molecule has 0 saturated heterocycles. The molecule has 0 saturated carbocycles. The quantitative estimate of drug-likeness (QED) is 0.708. The van der Waals surface area contributed by atoms with Crippen LogP contribution in [0, 0.1) is 0 Å². The SMILES string of the molecule is CC(CNCc1csc2ccccc12)c1ccccc1. The Hall–Kier alpha value is -1.64. The van der Waals surface area contributed by atoms with Gasteiger partial charge in [0.25, 0.3) is 0 Å². The van der Waals surface area contributed by atoms with Crippen molar-refractivity contribution in [1.82, 2.24) is 5.32 Å². The molecule has 102 valence electrons. The van der Waals surface area contributed by atoms with Gasteiger partial charge in [-0.25, -0.2) is 0 Å². The van der Waals surface area contributed by atoms with Gasteiger partial charge in [-0.15, -0.1) is 11.3 Å². The molecule has 1 aromatic heterocycles. The molecule has 0 spiro atoms. The third-order valence-corrected chi connectivity index (χ3v) is 4.71. The molecule has 1 unspecified atom stereocenters. The highest BCUT2D eigenvalue weighted by molar-refractivity contribution is 7.17. The third kappa shape index (κ3) is 2.92. The van der Waals surface area contributed by atoms with Crippen LogP contribution in [0.15, 0.2) is 60.0 Å². The molecule has 1 heterocycles. The molecule has 0 aliphatic rings. The standard InChI is InChI=1S/C18H19NS/c1-14(15-7-3-2-4-8-15)11-19-12-16-13-20-18-10-6-5-9-17(16)18/h2-10,13-14,19H,11-12H2,1H3. The van der Waals surface area contributed by atoms with E-state index in [0.717, 1.165) is 13.1 Å².